The molecule has 0 aromatic carbocycles. The van der Waals surface area contributed by atoms with Gasteiger partial charge in [0.25, 0.3) is 0 Å². The SMILES string of the molecule is NC(N)=NCCC[C@@H]1N[C@@]2(CO[C@@H](n3ccc(N)nc3=O)[C@H](O)C2)OC1=NO. The third-order valence-corrected chi connectivity index (χ3v) is 4.56. The molecule has 9 N–H and O–H groups in total. The van der Waals surface area contributed by atoms with Gasteiger partial charge in [-0.25, -0.2) is 4.79 Å². The minimum Gasteiger partial charge on any atom is -0.453 e. The zero-order valence-electron chi connectivity index (χ0n) is 15.1. The fourth-order valence-electron chi connectivity index (χ4n) is 3.35. The summed E-state index contributed by atoms with van der Waals surface area (Å²) in [6, 6.07) is 1.04. The van der Waals surface area contributed by atoms with Crippen molar-refractivity contribution in [3.63, 3.8) is 0 Å². The number of aliphatic hydroxyl groups is 1. The van der Waals surface area contributed by atoms with Crippen molar-refractivity contribution in [2.45, 2.75) is 43.4 Å². The molecular weight excluding hydrogens is 372 g/mol. The summed E-state index contributed by atoms with van der Waals surface area (Å²) < 4.78 is 12.6. The highest BCUT2D eigenvalue weighted by Gasteiger charge is 2.51. The summed E-state index contributed by atoms with van der Waals surface area (Å²) in [4.78, 5) is 19.5. The number of oxime groups is 1. The monoisotopic (exact) mass is 396 g/mol. The van der Waals surface area contributed by atoms with E-state index in [1.165, 1.54) is 12.3 Å². The highest BCUT2D eigenvalue weighted by Crippen LogP contribution is 2.34. The fraction of sp³-hybridized carbons (Fsp3) is 0.600. The number of hydrogen-bond donors (Lipinski definition) is 6. The molecule has 4 atom stereocenters. The van der Waals surface area contributed by atoms with Crippen molar-refractivity contribution in [3.8, 4) is 0 Å². The lowest BCUT2D eigenvalue weighted by Gasteiger charge is -2.39. The maximum atomic E-state index is 12.0. The van der Waals surface area contributed by atoms with Crippen molar-refractivity contribution >= 4 is 17.7 Å². The van der Waals surface area contributed by atoms with Crippen molar-refractivity contribution in [3.05, 3.63) is 22.7 Å². The molecular formula is C15H24N8O5. The largest absolute Gasteiger partial charge is 0.453 e. The van der Waals surface area contributed by atoms with Crippen LogP contribution < -0.4 is 28.2 Å². The maximum absolute atomic E-state index is 12.0. The average molecular weight is 396 g/mol. The first-order chi connectivity index (χ1) is 13.3. The lowest BCUT2D eigenvalue weighted by molar-refractivity contribution is -0.194. The number of aliphatic imine (C=N–C) groups is 1. The fourth-order valence-corrected chi connectivity index (χ4v) is 3.35. The summed E-state index contributed by atoms with van der Waals surface area (Å²) in [5.74, 6) is 0.173. The molecule has 1 aromatic rings. The average Bonchev–Trinajstić information content (AvgIpc) is 2.97. The topological polar surface area (TPSA) is 209 Å². The molecule has 3 heterocycles. The zero-order valence-corrected chi connectivity index (χ0v) is 15.1. The Morgan fingerprint density at radius 2 is 2.29 bits per heavy atom. The molecule has 2 fully saturated rings. The Bertz CT molecular complexity index is 823. The first kappa shape index (κ1) is 19.9. The second-order valence-electron chi connectivity index (χ2n) is 6.70. The van der Waals surface area contributed by atoms with E-state index in [0.29, 0.717) is 19.4 Å². The Kier molecular flexibility index (Phi) is 5.67. The minimum atomic E-state index is -1.08. The molecule has 2 aliphatic rings. The summed E-state index contributed by atoms with van der Waals surface area (Å²) in [6.45, 7) is 0.426. The van der Waals surface area contributed by atoms with Crippen molar-refractivity contribution < 1.29 is 19.8 Å². The van der Waals surface area contributed by atoms with Crippen LogP contribution in [0, 0.1) is 0 Å². The van der Waals surface area contributed by atoms with Crippen molar-refractivity contribution in [1.82, 2.24) is 14.9 Å². The van der Waals surface area contributed by atoms with Gasteiger partial charge in [0, 0.05) is 19.2 Å². The predicted octanol–water partition coefficient (Wildman–Crippen LogP) is -2.37. The predicted molar refractivity (Wildman–Crippen MR) is 98.4 cm³/mol. The van der Waals surface area contributed by atoms with Crippen LogP contribution in [0.3, 0.4) is 0 Å². The van der Waals surface area contributed by atoms with Crippen molar-refractivity contribution in [1.29, 1.82) is 0 Å². The molecule has 28 heavy (non-hydrogen) atoms. The number of nitrogens with one attached hydrogen (secondary N) is 1. The van der Waals surface area contributed by atoms with Crippen LogP contribution in [0.1, 0.15) is 25.5 Å². The zero-order chi connectivity index (χ0) is 20.3. The van der Waals surface area contributed by atoms with E-state index < -0.39 is 29.8 Å². The first-order valence-corrected chi connectivity index (χ1v) is 8.72. The van der Waals surface area contributed by atoms with Crippen LogP contribution in [0.15, 0.2) is 27.2 Å². The number of guanidine groups is 1. The quantitative estimate of drug-likeness (QED) is 0.102. The lowest BCUT2D eigenvalue weighted by atomic mass is 10.0. The van der Waals surface area contributed by atoms with Gasteiger partial charge in [0.15, 0.2) is 17.9 Å². The van der Waals surface area contributed by atoms with Gasteiger partial charge in [-0.2, -0.15) is 4.98 Å². The van der Waals surface area contributed by atoms with Gasteiger partial charge >= 0.3 is 5.69 Å². The summed E-state index contributed by atoms with van der Waals surface area (Å²) in [5, 5.41) is 26.2. The van der Waals surface area contributed by atoms with Gasteiger partial charge in [-0.15, -0.1) is 0 Å². The van der Waals surface area contributed by atoms with E-state index in [1.54, 1.807) is 0 Å². The van der Waals surface area contributed by atoms with E-state index in [1.807, 2.05) is 0 Å². The third-order valence-electron chi connectivity index (χ3n) is 4.56. The molecule has 2 saturated heterocycles. The number of nitrogens with two attached hydrogens (primary N) is 3. The van der Waals surface area contributed by atoms with Crippen LogP contribution in [0.25, 0.3) is 0 Å². The highest BCUT2D eigenvalue weighted by atomic mass is 16.6. The maximum Gasteiger partial charge on any atom is 0.351 e. The Hall–Kier alpha value is -2.90. The number of nitrogens with zero attached hydrogens (tertiary/aromatic N) is 4. The van der Waals surface area contributed by atoms with Crippen LogP contribution in [0.5, 0.6) is 0 Å². The van der Waals surface area contributed by atoms with Crippen LogP contribution in [-0.2, 0) is 9.47 Å². The molecule has 3 rings (SSSR count). The summed E-state index contributed by atoms with van der Waals surface area (Å²) in [7, 11) is 0. The molecule has 0 unspecified atom stereocenters. The van der Waals surface area contributed by atoms with Crippen LogP contribution in [0.4, 0.5) is 5.82 Å². The number of aliphatic hydroxyl groups excluding tert-OH is 1. The normalized spacial score (nSPS) is 31.0. The smallest absolute Gasteiger partial charge is 0.351 e. The molecule has 0 bridgehead atoms. The molecule has 0 saturated carbocycles. The first-order valence-electron chi connectivity index (χ1n) is 8.72. The van der Waals surface area contributed by atoms with Crippen molar-refractivity contribution in [2.24, 2.45) is 21.6 Å². The van der Waals surface area contributed by atoms with Crippen LogP contribution >= 0.6 is 0 Å². The second-order valence-corrected chi connectivity index (χ2v) is 6.70. The Morgan fingerprint density at radius 3 is 2.93 bits per heavy atom. The third kappa shape index (κ3) is 4.16. The Labute approximate surface area is 159 Å². The molecule has 1 aromatic heterocycles. The van der Waals surface area contributed by atoms with E-state index in [-0.39, 0.29) is 30.7 Å². The van der Waals surface area contributed by atoms with E-state index in [2.05, 4.69) is 20.4 Å². The number of hydrogen-bond acceptors (Lipinski definition) is 10. The van der Waals surface area contributed by atoms with Gasteiger partial charge in [-0.05, 0) is 18.9 Å². The van der Waals surface area contributed by atoms with E-state index >= 15 is 0 Å². The Morgan fingerprint density at radius 1 is 1.50 bits per heavy atom. The van der Waals surface area contributed by atoms with Gasteiger partial charge in [0.2, 0.25) is 5.90 Å². The standard InChI is InChI=1S/C15H24N8O5/c16-10-3-5-23(14(25)20-10)12-9(24)6-15(7-27-12)21-8(11(22-26)28-15)2-1-4-19-13(17)18/h3,5,8-9,12,21,24,26H,1-2,4,6-7H2,(H2,16,20,25)(H4,17,18,19)/t8-,9+,12+,15+/m0/s1. The van der Waals surface area contributed by atoms with Gasteiger partial charge < -0.3 is 37.0 Å². The molecule has 13 heteroatoms. The second kappa shape index (κ2) is 8.00. The van der Waals surface area contributed by atoms with Gasteiger partial charge in [0.1, 0.15) is 18.5 Å². The molecule has 0 aliphatic carbocycles. The van der Waals surface area contributed by atoms with Crippen LogP contribution in [0.2, 0.25) is 0 Å². The molecule has 0 amide bonds. The number of ether oxygens (including phenoxy) is 2. The summed E-state index contributed by atoms with van der Waals surface area (Å²) in [5.41, 5.74) is 14.4. The number of anilines is 1. The van der Waals surface area contributed by atoms with Crippen molar-refractivity contribution in [2.75, 3.05) is 18.9 Å². The number of rotatable bonds is 5. The molecule has 2 aliphatic heterocycles. The lowest BCUT2D eigenvalue weighted by Crippen LogP contribution is -2.56. The minimum absolute atomic E-state index is 0.00500. The molecule has 154 valence electrons. The summed E-state index contributed by atoms with van der Waals surface area (Å²) in [6.07, 6.45) is 0.646. The van der Waals surface area contributed by atoms with Crippen LogP contribution in [-0.4, -0.2) is 62.7 Å². The van der Waals surface area contributed by atoms with Gasteiger partial charge in [-0.1, -0.05) is 5.16 Å². The van der Waals surface area contributed by atoms with E-state index in [4.69, 9.17) is 26.7 Å². The van der Waals surface area contributed by atoms with E-state index in [0.717, 1.165) is 4.57 Å². The summed E-state index contributed by atoms with van der Waals surface area (Å²) >= 11 is 0. The van der Waals surface area contributed by atoms with Gasteiger partial charge in [0.05, 0.1) is 6.04 Å². The molecule has 1 spiro atoms. The van der Waals surface area contributed by atoms with E-state index in [9.17, 15) is 15.1 Å². The van der Waals surface area contributed by atoms with Gasteiger partial charge in [-0.3, -0.25) is 14.9 Å². The molecule has 0 radical (unpaired) electrons. The molecule has 13 nitrogen and oxygen atoms in total. The Balaban J connectivity index is 1.66. The highest BCUT2D eigenvalue weighted by molar-refractivity contribution is 5.83. The number of nitrogen functional groups attached to an aromatic ring is 1. The number of aromatic nitrogens is 2.